The number of rotatable bonds is 8. The fourth-order valence-corrected chi connectivity index (χ4v) is 2.91. The van der Waals surface area contributed by atoms with E-state index in [0.717, 1.165) is 0 Å². The van der Waals surface area contributed by atoms with Gasteiger partial charge in [-0.15, -0.1) is 11.8 Å². The van der Waals surface area contributed by atoms with E-state index in [1.54, 1.807) is 38.1 Å². The van der Waals surface area contributed by atoms with E-state index in [4.69, 9.17) is 4.74 Å². The molecule has 0 bridgehead atoms. The molecule has 1 rings (SSSR count). The molecule has 0 aliphatic carbocycles. The molecule has 0 radical (unpaired) electrons. The predicted octanol–water partition coefficient (Wildman–Crippen LogP) is 2.08. The van der Waals surface area contributed by atoms with Crippen LogP contribution in [-0.4, -0.2) is 47.8 Å². The van der Waals surface area contributed by atoms with Gasteiger partial charge in [0.1, 0.15) is 0 Å². The van der Waals surface area contributed by atoms with Gasteiger partial charge in [-0.25, -0.2) is 9.59 Å². The third-order valence-electron chi connectivity index (χ3n) is 3.22. The van der Waals surface area contributed by atoms with E-state index in [1.165, 1.54) is 18.7 Å². The van der Waals surface area contributed by atoms with Gasteiger partial charge in [0.15, 0.2) is 6.10 Å². The Balaban J connectivity index is 2.70. The van der Waals surface area contributed by atoms with Crippen LogP contribution in [0.5, 0.6) is 0 Å². The second kappa shape index (κ2) is 11.3. The highest BCUT2D eigenvalue weighted by atomic mass is 32.2. The number of ether oxygens (including phenoxy) is 1. The van der Waals surface area contributed by atoms with Crippen molar-refractivity contribution in [2.75, 3.05) is 5.75 Å². The Kier molecular flexibility index (Phi) is 9.50. The van der Waals surface area contributed by atoms with Gasteiger partial charge in [0.05, 0.1) is 11.3 Å². The molecule has 3 N–H and O–H groups in total. The van der Waals surface area contributed by atoms with Crippen molar-refractivity contribution >= 4 is 35.6 Å². The topological polar surface area (TPSA) is 114 Å². The maximum atomic E-state index is 12.4. The van der Waals surface area contributed by atoms with Crippen LogP contribution < -0.4 is 16.0 Å². The van der Waals surface area contributed by atoms with Gasteiger partial charge in [-0.3, -0.25) is 14.9 Å². The van der Waals surface area contributed by atoms with Gasteiger partial charge < -0.3 is 15.4 Å². The lowest BCUT2D eigenvalue weighted by atomic mass is 10.2. The first-order valence-electron chi connectivity index (χ1n) is 8.93. The van der Waals surface area contributed by atoms with Crippen molar-refractivity contribution in [2.24, 2.45) is 0 Å². The highest BCUT2D eigenvalue weighted by molar-refractivity contribution is 8.00. The zero-order chi connectivity index (χ0) is 21.3. The largest absolute Gasteiger partial charge is 0.449 e. The van der Waals surface area contributed by atoms with Crippen molar-refractivity contribution in [3.63, 3.8) is 0 Å². The van der Waals surface area contributed by atoms with Crippen LogP contribution in [0.4, 0.5) is 4.79 Å². The third-order valence-corrected chi connectivity index (χ3v) is 4.30. The molecule has 4 amide bonds. The van der Waals surface area contributed by atoms with E-state index >= 15 is 0 Å². The van der Waals surface area contributed by atoms with Crippen LogP contribution in [-0.2, 0) is 14.3 Å². The summed E-state index contributed by atoms with van der Waals surface area (Å²) in [6.07, 6.45) is -1.16. The van der Waals surface area contributed by atoms with Crippen LogP contribution in [0.2, 0.25) is 0 Å². The van der Waals surface area contributed by atoms with Crippen LogP contribution in [0.25, 0.3) is 0 Å². The van der Waals surface area contributed by atoms with Crippen LogP contribution in [0.3, 0.4) is 0 Å². The number of benzene rings is 1. The van der Waals surface area contributed by atoms with Crippen molar-refractivity contribution in [3.8, 4) is 0 Å². The average Bonchev–Trinajstić information content (AvgIpc) is 2.58. The Labute approximate surface area is 169 Å². The van der Waals surface area contributed by atoms with Crippen LogP contribution in [0, 0.1) is 0 Å². The van der Waals surface area contributed by atoms with Crippen molar-refractivity contribution in [1.82, 2.24) is 16.0 Å². The number of imide groups is 1. The Morgan fingerprint density at radius 2 is 1.57 bits per heavy atom. The predicted molar refractivity (Wildman–Crippen MR) is 107 cm³/mol. The Morgan fingerprint density at radius 3 is 2.18 bits per heavy atom. The fourth-order valence-electron chi connectivity index (χ4n) is 2.06. The molecular weight excluding hydrogens is 382 g/mol. The highest BCUT2D eigenvalue weighted by Gasteiger charge is 2.22. The number of carbonyl (C=O) groups excluding carboxylic acids is 4. The zero-order valence-corrected chi connectivity index (χ0v) is 17.5. The second-order valence-corrected chi connectivity index (χ2v) is 7.69. The number of hydrogen-bond acceptors (Lipinski definition) is 6. The number of urea groups is 1. The molecule has 0 fully saturated rings. The average molecular weight is 410 g/mol. The van der Waals surface area contributed by atoms with Gasteiger partial charge in [-0.05, 0) is 46.8 Å². The number of thioether (sulfide) groups is 1. The minimum atomic E-state index is -1.16. The molecule has 1 unspecified atom stereocenters. The molecule has 0 aliphatic rings. The van der Waals surface area contributed by atoms with E-state index in [0.29, 0.717) is 4.90 Å². The third kappa shape index (κ3) is 8.43. The summed E-state index contributed by atoms with van der Waals surface area (Å²) in [6.45, 7) is 8.61. The summed E-state index contributed by atoms with van der Waals surface area (Å²) in [7, 11) is 0. The summed E-state index contributed by atoms with van der Waals surface area (Å²) in [5.74, 6) is -1.44. The molecule has 0 saturated carbocycles. The lowest BCUT2D eigenvalue weighted by Gasteiger charge is -2.15. The summed E-state index contributed by atoms with van der Waals surface area (Å²) >= 11 is 1.20. The van der Waals surface area contributed by atoms with Gasteiger partial charge in [0, 0.05) is 17.0 Å². The van der Waals surface area contributed by atoms with Crippen LogP contribution >= 0.6 is 11.8 Å². The smallest absolute Gasteiger partial charge is 0.340 e. The minimum Gasteiger partial charge on any atom is -0.449 e. The van der Waals surface area contributed by atoms with E-state index in [1.807, 2.05) is 13.8 Å². The summed E-state index contributed by atoms with van der Waals surface area (Å²) in [6, 6.07) is 5.89. The summed E-state index contributed by atoms with van der Waals surface area (Å²) in [5.41, 5.74) is 0.246. The number of nitrogens with one attached hydrogen (secondary N) is 3. The molecule has 0 aliphatic heterocycles. The van der Waals surface area contributed by atoms with Crippen LogP contribution in [0.15, 0.2) is 29.2 Å². The molecule has 9 heteroatoms. The minimum absolute atomic E-state index is 0.0283. The van der Waals surface area contributed by atoms with Crippen molar-refractivity contribution in [3.05, 3.63) is 29.8 Å². The van der Waals surface area contributed by atoms with Gasteiger partial charge in [-0.1, -0.05) is 12.1 Å². The molecule has 0 heterocycles. The number of hydrogen-bond donors (Lipinski definition) is 3. The van der Waals surface area contributed by atoms with E-state index in [9.17, 15) is 19.2 Å². The standard InChI is InChI=1S/C19H27N3O5S/c1-11(2)20-16(23)10-28-15-9-7-6-8-14(15)18(25)27-13(5)17(24)22-19(26)21-12(3)4/h6-9,11-13H,10H2,1-5H3,(H,20,23)(H2,21,22,24,26). The highest BCUT2D eigenvalue weighted by Crippen LogP contribution is 2.23. The molecule has 1 atom stereocenters. The van der Waals surface area contributed by atoms with Gasteiger partial charge in [0.2, 0.25) is 5.91 Å². The fraction of sp³-hybridized carbons (Fsp3) is 0.474. The molecule has 28 heavy (non-hydrogen) atoms. The Hall–Kier alpha value is -2.55. The molecular formula is C19H27N3O5S. The number of esters is 1. The molecule has 8 nitrogen and oxygen atoms in total. The van der Waals surface area contributed by atoms with E-state index < -0.39 is 24.0 Å². The van der Waals surface area contributed by atoms with Gasteiger partial charge in [0.25, 0.3) is 5.91 Å². The lowest BCUT2D eigenvalue weighted by Crippen LogP contribution is -2.46. The maximum absolute atomic E-state index is 12.4. The first kappa shape index (κ1) is 23.5. The maximum Gasteiger partial charge on any atom is 0.340 e. The Bertz CT molecular complexity index is 721. The summed E-state index contributed by atoms with van der Waals surface area (Å²) in [5, 5.41) is 7.40. The number of carbonyl (C=O) groups is 4. The molecule has 0 aromatic heterocycles. The summed E-state index contributed by atoms with van der Waals surface area (Å²) in [4.78, 5) is 48.4. The Morgan fingerprint density at radius 1 is 0.964 bits per heavy atom. The first-order valence-corrected chi connectivity index (χ1v) is 9.92. The lowest BCUT2D eigenvalue weighted by molar-refractivity contribution is -0.128. The van der Waals surface area contributed by atoms with E-state index in [-0.39, 0.29) is 29.3 Å². The first-order chi connectivity index (χ1) is 13.1. The summed E-state index contributed by atoms with van der Waals surface area (Å²) < 4.78 is 5.17. The second-order valence-electron chi connectivity index (χ2n) is 6.67. The molecule has 0 spiro atoms. The van der Waals surface area contributed by atoms with Gasteiger partial charge in [-0.2, -0.15) is 0 Å². The quantitative estimate of drug-likeness (QED) is 0.447. The SMILES string of the molecule is CC(C)NC(=O)CSc1ccccc1C(=O)OC(C)C(=O)NC(=O)NC(C)C. The monoisotopic (exact) mass is 409 g/mol. The van der Waals surface area contributed by atoms with Crippen molar-refractivity contribution < 1.29 is 23.9 Å². The zero-order valence-electron chi connectivity index (χ0n) is 16.7. The van der Waals surface area contributed by atoms with Gasteiger partial charge >= 0.3 is 12.0 Å². The van der Waals surface area contributed by atoms with Crippen molar-refractivity contribution in [2.45, 2.75) is 57.7 Å². The van der Waals surface area contributed by atoms with Crippen molar-refractivity contribution in [1.29, 1.82) is 0 Å². The number of amides is 4. The van der Waals surface area contributed by atoms with E-state index in [2.05, 4.69) is 16.0 Å². The molecule has 0 saturated heterocycles. The normalized spacial score (nSPS) is 11.7. The van der Waals surface area contributed by atoms with Crippen LogP contribution in [0.1, 0.15) is 45.0 Å². The molecule has 1 aromatic rings. The molecule has 1 aromatic carbocycles. The molecule has 154 valence electrons.